The second-order valence-corrected chi connectivity index (χ2v) is 9.90. The molecule has 4 heterocycles. The van der Waals surface area contributed by atoms with Crippen molar-refractivity contribution < 1.29 is 5.48 Å². The van der Waals surface area contributed by atoms with Gasteiger partial charge in [0, 0.05) is 32.3 Å². The Labute approximate surface area is 231 Å². The van der Waals surface area contributed by atoms with E-state index >= 15 is 0 Å². The number of fused-ring (bicyclic) bond motifs is 13. The molecule has 5 nitrogen and oxygen atoms in total. The maximum absolute atomic E-state index is 9.25. The molecule has 5 aromatic carbocycles. The Morgan fingerprint density at radius 2 is 0.897 bits per heavy atom. The Morgan fingerprint density at radius 1 is 0.487 bits per heavy atom. The number of para-hydroxylation sites is 4. The van der Waals surface area contributed by atoms with Crippen LogP contribution in [-0.2, 0) is 0 Å². The summed E-state index contributed by atoms with van der Waals surface area (Å²) >= 11 is 6.67. The third-order valence-electron chi connectivity index (χ3n) is 7.60. The smallest absolute Gasteiger partial charge is 0.240 e. The lowest BCUT2D eigenvalue weighted by Gasteiger charge is -2.04. The van der Waals surface area contributed by atoms with E-state index in [1.165, 1.54) is 0 Å². The van der Waals surface area contributed by atoms with Crippen LogP contribution in [0.15, 0.2) is 109 Å². The molecular weight excluding hydrogens is 502 g/mol. The molecule has 4 aromatic heterocycles. The van der Waals surface area contributed by atoms with Crippen LogP contribution in [0.25, 0.3) is 76.7 Å². The second kappa shape index (κ2) is 7.53. The molecule has 0 aliphatic heterocycles. The number of nitrogens with zero attached hydrogens (tertiary/aromatic N) is 5. The molecule has 0 aliphatic carbocycles. The average Bonchev–Trinajstić information content (AvgIpc) is 3.54. The highest BCUT2D eigenvalue weighted by atomic mass is 35.5. The third kappa shape index (κ3) is 2.72. The van der Waals surface area contributed by atoms with Gasteiger partial charge in [0.25, 0.3) is 0 Å². The summed E-state index contributed by atoms with van der Waals surface area (Å²) in [7, 11) is 0. The standard InChI is InChI=1S/C33H18ClN5/c34-31-35-32-37-33(36-31)39-28-18-6-4-12-22(28)26-16-8-14-24(30(26)39)20-10-2-1-9-19(20)23-13-7-15-25-21-11-3-5-17-27(21)38(32)29(23)25/h1-18H/i1D,2D,9D,10D. The van der Waals surface area contributed by atoms with Crippen molar-refractivity contribution in [3.8, 4) is 0 Å². The number of halogens is 1. The number of rotatable bonds is 0. The first kappa shape index (κ1) is 17.5. The Morgan fingerprint density at radius 3 is 1.38 bits per heavy atom. The molecule has 0 saturated carbocycles. The van der Waals surface area contributed by atoms with E-state index in [-0.39, 0.29) is 29.5 Å². The van der Waals surface area contributed by atoms with Gasteiger partial charge in [0.1, 0.15) is 0 Å². The van der Waals surface area contributed by atoms with Crippen LogP contribution in [0.1, 0.15) is 5.48 Å². The average molecular weight is 524 g/mol. The van der Waals surface area contributed by atoms with E-state index in [2.05, 4.69) is 9.97 Å². The number of aromatic nitrogens is 5. The Kier molecular flexibility index (Phi) is 3.38. The van der Waals surface area contributed by atoms with Crippen LogP contribution in [0, 0.1) is 0 Å². The molecule has 0 atom stereocenters. The molecule has 182 valence electrons. The van der Waals surface area contributed by atoms with E-state index < -0.39 is 0 Å². The number of hydrogen-bond donors (Lipinski definition) is 0. The van der Waals surface area contributed by atoms with Crippen LogP contribution in [0.5, 0.6) is 0 Å². The summed E-state index contributed by atoms with van der Waals surface area (Å²) in [6, 6.07) is 26.6. The molecule has 39 heavy (non-hydrogen) atoms. The first-order chi connectivity index (χ1) is 20.9. The third-order valence-corrected chi connectivity index (χ3v) is 7.77. The molecule has 9 rings (SSSR count). The van der Waals surface area contributed by atoms with Crippen LogP contribution >= 0.6 is 11.6 Å². The summed E-state index contributed by atoms with van der Waals surface area (Å²) < 4.78 is 39.8. The van der Waals surface area contributed by atoms with Crippen molar-refractivity contribution >= 4 is 88.3 Å². The lowest BCUT2D eigenvalue weighted by Crippen LogP contribution is -1.99. The first-order valence-electron chi connectivity index (χ1n) is 14.5. The molecule has 0 spiro atoms. The monoisotopic (exact) mass is 523 g/mol. The highest BCUT2D eigenvalue weighted by molar-refractivity contribution is 6.29. The zero-order valence-corrected chi connectivity index (χ0v) is 21.0. The number of benzene rings is 5. The summed E-state index contributed by atoms with van der Waals surface area (Å²) in [5.41, 5.74) is 3.10. The quantitative estimate of drug-likeness (QED) is 0.200. The van der Waals surface area contributed by atoms with Gasteiger partial charge in [-0.1, -0.05) is 97.0 Å². The molecule has 6 heteroatoms. The van der Waals surface area contributed by atoms with Gasteiger partial charge in [-0.3, -0.25) is 8.80 Å². The molecule has 0 N–H and O–H groups in total. The van der Waals surface area contributed by atoms with Crippen molar-refractivity contribution in [2.75, 3.05) is 0 Å². The van der Waals surface area contributed by atoms with Crippen LogP contribution < -0.4 is 0 Å². The minimum atomic E-state index is -0.299. The van der Waals surface area contributed by atoms with Gasteiger partial charge >= 0.3 is 0 Å². The lowest BCUT2D eigenvalue weighted by molar-refractivity contribution is 1.05. The molecular formula is C33H18ClN5. The van der Waals surface area contributed by atoms with Gasteiger partial charge in [-0.05, 0) is 34.5 Å². The van der Waals surface area contributed by atoms with Gasteiger partial charge in [0.2, 0.25) is 16.8 Å². The van der Waals surface area contributed by atoms with Crippen molar-refractivity contribution in [3.63, 3.8) is 0 Å². The Bertz CT molecular complexity index is 2570. The minimum absolute atomic E-state index is 0.0211. The topological polar surface area (TPSA) is 47.5 Å². The van der Waals surface area contributed by atoms with Crippen molar-refractivity contribution in [2.24, 2.45) is 0 Å². The summed E-state index contributed by atoms with van der Waals surface area (Å²) in [6.07, 6.45) is 0. The van der Waals surface area contributed by atoms with E-state index in [0.717, 1.165) is 32.6 Å². The van der Waals surface area contributed by atoms with Crippen molar-refractivity contribution in [2.45, 2.75) is 0 Å². The van der Waals surface area contributed by atoms with Crippen molar-refractivity contribution in [1.82, 2.24) is 23.8 Å². The van der Waals surface area contributed by atoms with Crippen LogP contribution in [0.2, 0.25) is 5.28 Å². The molecule has 0 aliphatic rings. The summed E-state index contributed by atoms with van der Waals surface area (Å²) in [5.74, 6) is 0.614. The van der Waals surface area contributed by atoms with E-state index in [1.54, 1.807) is 0 Å². The summed E-state index contributed by atoms with van der Waals surface area (Å²) in [5, 5.41) is 5.79. The van der Waals surface area contributed by atoms with Crippen LogP contribution in [-0.4, -0.2) is 23.8 Å². The fourth-order valence-electron chi connectivity index (χ4n) is 6.10. The highest BCUT2D eigenvalue weighted by Gasteiger charge is 2.17. The fourth-order valence-corrected chi connectivity index (χ4v) is 6.25. The SMILES string of the molecule is [2H]c1c([2H])c([2H])c2c3cccc4c5ccccc5n(c5nc(Cl)nc(n5)n5c6ccccc6c6cccc(c2c1[2H])c65)c43. The lowest BCUT2D eigenvalue weighted by atomic mass is 10.0. The molecule has 2 bridgehead atoms. The fraction of sp³-hybridized carbons (Fsp3) is 0. The maximum Gasteiger partial charge on any atom is 0.240 e. The van der Waals surface area contributed by atoms with Crippen molar-refractivity contribution in [1.29, 1.82) is 0 Å². The second-order valence-electron chi connectivity index (χ2n) is 9.56. The summed E-state index contributed by atoms with van der Waals surface area (Å²) in [4.78, 5) is 14.2. The maximum atomic E-state index is 9.25. The predicted octanol–water partition coefficient (Wildman–Crippen LogP) is 8.51. The molecule has 0 saturated heterocycles. The van der Waals surface area contributed by atoms with E-state index in [4.69, 9.17) is 19.3 Å². The van der Waals surface area contributed by atoms with Crippen LogP contribution in [0.3, 0.4) is 0 Å². The van der Waals surface area contributed by atoms with Gasteiger partial charge in [-0.25, -0.2) is 0 Å². The zero-order chi connectivity index (χ0) is 29.1. The normalized spacial score (nSPS) is 13.7. The zero-order valence-electron chi connectivity index (χ0n) is 24.2. The Hall–Kier alpha value is -5.00. The number of hydrogen-bond acceptors (Lipinski definition) is 3. The van der Waals surface area contributed by atoms with E-state index in [0.29, 0.717) is 44.1 Å². The molecule has 0 radical (unpaired) electrons. The van der Waals surface area contributed by atoms with Gasteiger partial charge in [-0.15, -0.1) is 0 Å². The van der Waals surface area contributed by atoms with Gasteiger partial charge in [0.15, 0.2) is 0 Å². The highest BCUT2D eigenvalue weighted by Crippen LogP contribution is 2.38. The molecule has 0 unspecified atom stereocenters. The predicted molar refractivity (Wildman–Crippen MR) is 161 cm³/mol. The van der Waals surface area contributed by atoms with Gasteiger partial charge < -0.3 is 0 Å². The molecule has 0 amide bonds. The Balaban J connectivity index is 1.82. The van der Waals surface area contributed by atoms with Crippen LogP contribution in [0.4, 0.5) is 0 Å². The van der Waals surface area contributed by atoms with Gasteiger partial charge in [0.05, 0.1) is 27.5 Å². The van der Waals surface area contributed by atoms with E-state index in [9.17, 15) is 2.74 Å². The molecule has 0 fully saturated rings. The van der Waals surface area contributed by atoms with E-state index in [1.807, 2.05) is 93.7 Å². The van der Waals surface area contributed by atoms with Crippen molar-refractivity contribution in [3.05, 3.63) is 114 Å². The minimum Gasteiger partial charge on any atom is -0.277 e. The summed E-state index contributed by atoms with van der Waals surface area (Å²) in [6.45, 7) is 0. The van der Waals surface area contributed by atoms with Gasteiger partial charge in [-0.2, -0.15) is 15.0 Å². The molecule has 9 aromatic rings. The first-order valence-corrected chi connectivity index (χ1v) is 12.9. The largest absolute Gasteiger partial charge is 0.277 e.